The monoisotopic (exact) mass is 1530 g/mol. The Morgan fingerprint density at radius 2 is 0.660 bits per heavy atom. The van der Waals surface area contributed by atoms with Gasteiger partial charge in [-0.1, -0.05) is 289 Å². The van der Waals surface area contributed by atoms with E-state index < -0.39 is 29.2 Å². The molecule has 0 radical (unpaired) electrons. The zero-order valence-corrected chi connectivity index (χ0v) is 61.1. The number of hydrogen-bond donors (Lipinski definition) is 0. The molecule has 1 saturated heterocycles. The van der Waals surface area contributed by atoms with E-state index in [0.29, 0.717) is 0 Å². The third kappa shape index (κ3) is 10.3. The second kappa shape index (κ2) is 25.5. The number of aromatic nitrogens is 2. The smallest absolute Gasteiger partial charge is 0.399 e. The molecule has 2 aliphatic carbocycles. The van der Waals surface area contributed by atoms with E-state index in [1.54, 1.807) is 0 Å². The Bertz CT molecular complexity index is 5690. The lowest BCUT2D eigenvalue weighted by atomic mass is 9.67. The molecule has 19 rings (SSSR count). The molecule has 14 aromatic carbocycles. The molecule has 2 aromatic heterocycles. The first-order valence-corrected chi connectivity index (χ1v) is 36.8. The third-order valence-electron chi connectivity index (χ3n) is 21.3. The summed E-state index contributed by atoms with van der Waals surface area (Å²) in [5.41, 5.74) is 24.2. The number of halogens is 3. The summed E-state index contributed by atoms with van der Waals surface area (Å²) in [6.07, 6.45) is 0. The van der Waals surface area contributed by atoms with E-state index in [4.69, 9.17) is 9.31 Å². The van der Waals surface area contributed by atoms with Crippen LogP contribution in [0.3, 0.4) is 0 Å². The normalized spacial score (nSPS) is 14.8. The van der Waals surface area contributed by atoms with Crippen LogP contribution in [0.25, 0.3) is 88.4 Å². The number of fused-ring (bicyclic) bond motifs is 12. The van der Waals surface area contributed by atoms with Gasteiger partial charge in [0.15, 0.2) is 0 Å². The Morgan fingerprint density at radius 1 is 0.300 bits per heavy atom. The van der Waals surface area contributed by atoms with E-state index in [1.807, 2.05) is 18.2 Å². The Kier molecular flexibility index (Phi) is 16.3. The summed E-state index contributed by atoms with van der Waals surface area (Å²) in [4.78, 5) is 0. The highest BCUT2D eigenvalue weighted by Gasteiger charge is 2.52. The highest BCUT2D eigenvalue weighted by molar-refractivity contribution is 14.1. The Labute approximate surface area is 615 Å². The van der Waals surface area contributed by atoms with E-state index in [2.05, 4.69) is 413 Å². The summed E-state index contributed by atoms with van der Waals surface area (Å²) < 4.78 is 21.4. The van der Waals surface area contributed by atoms with Gasteiger partial charge in [-0.3, -0.25) is 0 Å². The predicted octanol–water partition coefficient (Wildman–Crippen LogP) is 24.1. The minimum Gasteiger partial charge on any atom is -0.399 e. The Morgan fingerprint density at radius 3 is 1.10 bits per heavy atom. The van der Waals surface area contributed by atoms with Crippen LogP contribution in [0, 0.1) is 3.57 Å². The first-order chi connectivity index (χ1) is 48.8. The summed E-state index contributed by atoms with van der Waals surface area (Å²) in [7, 11) is -0.436. The fourth-order valence-electron chi connectivity index (χ4n) is 16.1. The van der Waals surface area contributed by atoms with Gasteiger partial charge in [0.2, 0.25) is 0 Å². The van der Waals surface area contributed by atoms with Crippen LogP contribution in [-0.4, -0.2) is 27.5 Å². The van der Waals surface area contributed by atoms with Crippen molar-refractivity contribution in [2.45, 2.75) is 49.7 Å². The predicted molar refractivity (Wildman–Crippen MR) is 432 cm³/mol. The van der Waals surface area contributed by atoms with Crippen LogP contribution < -0.4 is 5.46 Å². The molecule has 3 aliphatic rings. The average Bonchev–Trinajstić information content (AvgIpc) is 1.53. The van der Waals surface area contributed by atoms with Crippen molar-refractivity contribution in [2.24, 2.45) is 0 Å². The summed E-state index contributed by atoms with van der Waals surface area (Å²) in [5, 5.41) is 4.95. The molecule has 1 aliphatic heterocycles. The van der Waals surface area contributed by atoms with Crippen LogP contribution in [0.4, 0.5) is 0 Å². The fraction of sp³-hybridized carbons (Fsp3) is 0.0870. The van der Waals surface area contributed by atoms with Crippen molar-refractivity contribution in [1.29, 1.82) is 0 Å². The van der Waals surface area contributed by atoms with Gasteiger partial charge in [-0.25, -0.2) is 0 Å². The molecule has 482 valence electrons. The van der Waals surface area contributed by atoms with Crippen LogP contribution >= 0.6 is 54.5 Å². The van der Waals surface area contributed by atoms with Crippen LogP contribution in [0.2, 0.25) is 0 Å². The summed E-state index contributed by atoms with van der Waals surface area (Å²) in [5.74, 6) is 0. The molecular formula is C92H68BBr2IN2O2. The number of benzene rings is 14. The third-order valence-corrected chi connectivity index (χ3v) is 24.4. The van der Waals surface area contributed by atoms with Gasteiger partial charge in [0.25, 0.3) is 0 Å². The Balaban J connectivity index is 0.000000135. The van der Waals surface area contributed by atoms with E-state index in [0.717, 1.165) is 26.8 Å². The van der Waals surface area contributed by atoms with Gasteiger partial charge in [-0.2, -0.15) is 0 Å². The number of para-hydroxylation sites is 2. The van der Waals surface area contributed by atoms with Gasteiger partial charge in [0, 0.05) is 45.4 Å². The number of nitrogens with zero attached hydrogens (tertiary/aromatic N) is 2. The van der Waals surface area contributed by atoms with Crippen molar-refractivity contribution >= 4 is 111 Å². The van der Waals surface area contributed by atoms with Crippen molar-refractivity contribution in [3.05, 3.63) is 397 Å². The van der Waals surface area contributed by atoms with Crippen LogP contribution in [0.15, 0.2) is 349 Å². The molecule has 0 unspecified atom stereocenters. The molecule has 8 heteroatoms. The van der Waals surface area contributed by atoms with Gasteiger partial charge in [0.1, 0.15) is 0 Å². The lowest BCUT2D eigenvalue weighted by Gasteiger charge is -2.34. The van der Waals surface area contributed by atoms with Crippen LogP contribution in [-0.2, 0) is 20.1 Å². The summed E-state index contributed by atoms with van der Waals surface area (Å²) >= 11 is 9.46. The van der Waals surface area contributed by atoms with Crippen molar-refractivity contribution in [3.8, 4) is 44.8 Å². The lowest BCUT2D eigenvalue weighted by Crippen LogP contribution is -2.41. The number of hydrogen-bond acceptors (Lipinski definition) is 2. The molecule has 100 heavy (non-hydrogen) atoms. The van der Waals surface area contributed by atoms with E-state index in [1.165, 1.54) is 124 Å². The van der Waals surface area contributed by atoms with Crippen molar-refractivity contribution in [1.82, 2.24) is 9.13 Å². The molecule has 0 N–H and O–H groups in total. The summed E-state index contributed by atoms with van der Waals surface area (Å²) in [6.45, 7) is 8.43. The standard InChI is InChI=1S/C43H36BNO2.C43H28BrN.C6H4BrI/c1-41(2)42(3,4)47-44(46-41)31-23-25-36-35-20-12-14-22-39(35)45(40(36)27-31)32-24-26-34-33-19-11-13-21-37(33)43(38(34)28-32,29-15-7-5-8-16-29)30-17-9-6-10-18-30;44-40-21-11-8-17-33(40)29-23-25-37-36-19-9-12-22-41(36)45(42(37)27-29)32-24-26-35-34-18-7-10-20-38(34)43(39(35)28-32,30-13-3-1-4-14-30)31-15-5-2-6-16-31;7-5-3-1-2-4-6(5)8/h5-28H,1-4H3;1-28H;1-4H. The van der Waals surface area contributed by atoms with E-state index >= 15 is 0 Å². The Hall–Kier alpha value is -9.65. The van der Waals surface area contributed by atoms with Gasteiger partial charge in [-0.15, -0.1) is 0 Å². The SMILES string of the molecule is Brc1ccccc1-c1ccc2c3ccccc3n(-c3ccc4c(c3)C(c3ccccc3)(c3ccccc3)c3ccccc3-4)c2c1.Brc1ccccc1I.CC1(C)OB(c2ccc3c4ccccc4n(-c4ccc5c(c4)C(c4ccccc4)(c4ccccc4)c4ccccc4-5)c3c2)OC1(C)C. The second-order valence-electron chi connectivity index (χ2n) is 27.2. The summed E-state index contributed by atoms with van der Waals surface area (Å²) in [6, 6.07) is 124. The number of rotatable bonds is 8. The largest absolute Gasteiger partial charge is 0.494 e. The van der Waals surface area contributed by atoms with Gasteiger partial charge >= 0.3 is 7.12 Å². The first-order valence-electron chi connectivity index (χ1n) is 34.1. The zero-order valence-electron chi connectivity index (χ0n) is 55.8. The molecule has 0 amide bonds. The molecule has 0 saturated carbocycles. The van der Waals surface area contributed by atoms with E-state index in [-0.39, 0.29) is 0 Å². The molecular weight excluding hydrogens is 1460 g/mol. The maximum absolute atomic E-state index is 6.51. The first kappa shape index (κ1) is 63.8. The maximum atomic E-state index is 6.51. The maximum Gasteiger partial charge on any atom is 0.494 e. The highest BCUT2D eigenvalue weighted by Crippen LogP contribution is 2.59. The molecule has 1 fully saturated rings. The molecule has 0 spiro atoms. The van der Waals surface area contributed by atoms with Gasteiger partial charge < -0.3 is 18.4 Å². The van der Waals surface area contributed by atoms with Crippen molar-refractivity contribution in [3.63, 3.8) is 0 Å². The van der Waals surface area contributed by atoms with E-state index in [9.17, 15) is 0 Å². The van der Waals surface area contributed by atoms with Crippen molar-refractivity contribution < 1.29 is 9.31 Å². The quantitative estimate of drug-likeness (QED) is 0.112. The molecule has 3 heterocycles. The zero-order chi connectivity index (χ0) is 67.9. The lowest BCUT2D eigenvalue weighted by molar-refractivity contribution is 0.00578. The average molecular weight is 1530 g/mol. The molecule has 4 nitrogen and oxygen atoms in total. The minimum absolute atomic E-state index is 0.410. The second-order valence-corrected chi connectivity index (χ2v) is 30.1. The minimum atomic E-state index is -0.461. The van der Waals surface area contributed by atoms with Gasteiger partial charge in [-0.05, 0) is 216 Å². The molecule has 0 bridgehead atoms. The fourth-order valence-corrected chi connectivity index (χ4v) is 17.3. The van der Waals surface area contributed by atoms with Gasteiger partial charge in [0.05, 0.1) is 44.1 Å². The van der Waals surface area contributed by atoms with Crippen LogP contribution in [0.5, 0.6) is 0 Å². The van der Waals surface area contributed by atoms with Crippen molar-refractivity contribution in [2.75, 3.05) is 0 Å². The molecule has 16 aromatic rings. The molecule has 0 atom stereocenters. The van der Waals surface area contributed by atoms with Crippen LogP contribution in [0.1, 0.15) is 72.2 Å². The highest BCUT2D eigenvalue weighted by atomic mass is 127. The topological polar surface area (TPSA) is 28.3 Å².